The molecule has 0 spiro atoms. The average molecular weight is 233 g/mol. The number of aromatic nitrogens is 1. The summed E-state index contributed by atoms with van der Waals surface area (Å²) < 4.78 is 0. The van der Waals surface area contributed by atoms with Crippen LogP contribution >= 0.6 is 0 Å². The molecule has 0 saturated heterocycles. The van der Waals surface area contributed by atoms with E-state index in [1.165, 1.54) is 19.4 Å². The molecule has 0 amide bonds. The molecule has 94 valence electrons. The predicted octanol–water partition coefficient (Wildman–Crippen LogP) is 1.82. The molecule has 1 saturated carbocycles. The first kappa shape index (κ1) is 12.5. The molecule has 1 fully saturated rings. The molecule has 1 aromatic rings. The predicted molar refractivity (Wildman–Crippen MR) is 70.9 cm³/mol. The Kier molecular flexibility index (Phi) is 4.51. The van der Waals surface area contributed by atoms with Gasteiger partial charge in [-0.3, -0.25) is 9.88 Å². The molecule has 0 bridgehead atoms. The summed E-state index contributed by atoms with van der Waals surface area (Å²) in [4.78, 5) is 6.84. The topological polar surface area (TPSA) is 28.2 Å². The Labute approximate surface area is 104 Å². The van der Waals surface area contributed by atoms with Crippen molar-refractivity contribution < 1.29 is 0 Å². The average Bonchev–Trinajstić information content (AvgIpc) is 3.08. The third-order valence-electron chi connectivity index (χ3n) is 3.18. The van der Waals surface area contributed by atoms with Crippen molar-refractivity contribution in [2.75, 3.05) is 26.7 Å². The molecular formula is C14H23N3. The number of likely N-dealkylation sites (N-methyl/N-ethyl adjacent to an activating group) is 1. The van der Waals surface area contributed by atoms with Gasteiger partial charge in [-0.1, -0.05) is 6.07 Å². The lowest BCUT2D eigenvalue weighted by Crippen LogP contribution is -2.30. The van der Waals surface area contributed by atoms with Gasteiger partial charge in [-0.05, 0) is 51.4 Å². The molecule has 1 heterocycles. The second kappa shape index (κ2) is 6.12. The summed E-state index contributed by atoms with van der Waals surface area (Å²) in [6, 6.07) is 6.22. The minimum absolute atomic E-state index is 0.937. The lowest BCUT2D eigenvalue weighted by atomic mass is 10.3. The van der Waals surface area contributed by atoms with Crippen LogP contribution in [0.15, 0.2) is 18.2 Å². The number of rotatable bonds is 7. The Balaban J connectivity index is 1.63. The molecule has 0 unspecified atom stereocenters. The van der Waals surface area contributed by atoms with Crippen LogP contribution in [0.25, 0.3) is 0 Å². The lowest BCUT2D eigenvalue weighted by molar-refractivity contribution is 0.320. The van der Waals surface area contributed by atoms with Gasteiger partial charge in [0.05, 0.1) is 5.69 Å². The number of nitrogens with zero attached hydrogens (tertiary/aromatic N) is 2. The van der Waals surface area contributed by atoms with Crippen LogP contribution in [0.5, 0.6) is 0 Å². The Morgan fingerprint density at radius 3 is 2.94 bits per heavy atom. The van der Waals surface area contributed by atoms with Gasteiger partial charge in [0.15, 0.2) is 0 Å². The van der Waals surface area contributed by atoms with Gasteiger partial charge in [-0.25, -0.2) is 0 Å². The maximum absolute atomic E-state index is 4.52. The van der Waals surface area contributed by atoms with E-state index in [0.29, 0.717) is 0 Å². The molecule has 0 aromatic carbocycles. The SMILES string of the molecule is Cc1cccc(CN(C)CCNCC2CC2)n1. The number of pyridine rings is 1. The summed E-state index contributed by atoms with van der Waals surface area (Å²) >= 11 is 0. The van der Waals surface area contributed by atoms with Gasteiger partial charge in [-0.2, -0.15) is 0 Å². The molecule has 3 nitrogen and oxygen atoms in total. The zero-order chi connectivity index (χ0) is 12.1. The molecule has 3 heteroatoms. The van der Waals surface area contributed by atoms with Crippen LogP contribution in [0.4, 0.5) is 0 Å². The van der Waals surface area contributed by atoms with Gasteiger partial charge < -0.3 is 5.32 Å². The molecule has 1 aromatic heterocycles. The van der Waals surface area contributed by atoms with Crippen molar-refractivity contribution >= 4 is 0 Å². The summed E-state index contributed by atoms with van der Waals surface area (Å²) in [6.07, 6.45) is 2.85. The number of hydrogen-bond donors (Lipinski definition) is 1. The first-order chi connectivity index (χ1) is 8.24. The third-order valence-corrected chi connectivity index (χ3v) is 3.18. The number of nitrogens with one attached hydrogen (secondary N) is 1. The molecule has 1 aliphatic rings. The molecular weight excluding hydrogens is 210 g/mol. The summed E-state index contributed by atoms with van der Waals surface area (Å²) in [5, 5.41) is 3.51. The highest BCUT2D eigenvalue weighted by molar-refractivity contribution is 5.09. The highest BCUT2D eigenvalue weighted by atomic mass is 15.1. The maximum atomic E-state index is 4.52. The van der Waals surface area contributed by atoms with Crippen molar-refractivity contribution in [3.05, 3.63) is 29.6 Å². The summed E-state index contributed by atoms with van der Waals surface area (Å²) in [7, 11) is 2.16. The fourth-order valence-corrected chi connectivity index (χ4v) is 1.94. The first-order valence-electron chi connectivity index (χ1n) is 6.56. The fourth-order valence-electron chi connectivity index (χ4n) is 1.94. The zero-order valence-electron chi connectivity index (χ0n) is 10.9. The van der Waals surface area contributed by atoms with E-state index in [0.717, 1.165) is 36.9 Å². The summed E-state index contributed by atoms with van der Waals surface area (Å²) in [5.74, 6) is 0.971. The van der Waals surface area contributed by atoms with Crippen LogP contribution in [-0.4, -0.2) is 36.6 Å². The fraction of sp³-hybridized carbons (Fsp3) is 0.643. The monoisotopic (exact) mass is 233 g/mol. The van der Waals surface area contributed by atoms with Crippen LogP contribution < -0.4 is 5.32 Å². The molecule has 0 radical (unpaired) electrons. The molecule has 17 heavy (non-hydrogen) atoms. The Morgan fingerprint density at radius 1 is 1.41 bits per heavy atom. The van der Waals surface area contributed by atoms with Crippen LogP contribution in [0.2, 0.25) is 0 Å². The second-order valence-corrected chi connectivity index (χ2v) is 5.16. The maximum Gasteiger partial charge on any atom is 0.0547 e. The van der Waals surface area contributed by atoms with E-state index in [9.17, 15) is 0 Å². The van der Waals surface area contributed by atoms with Crippen LogP contribution in [0.1, 0.15) is 24.2 Å². The molecule has 1 aliphatic carbocycles. The standard InChI is InChI=1S/C14H23N3/c1-12-4-3-5-14(16-12)11-17(2)9-8-15-10-13-6-7-13/h3-5,13,15H,6-11H2,1-2H3. The van der Waals surface area contributed by atoms with E-state index >= 15 is 0 Å². The molecule has 1 N–H and O–H groups in total. The van der Waals surface area contributed by atoms with Gasteiger partial charge in [0.1, 0.15) is 0 Å². The van der Waals surface area contributed by atoms with E-state index in [4.69, 9.17) is 0 Å². The lowest BCUT2D eigenvalue weighted by Gasteiger charge is -2.16. The Hall–Kier alpha value is -0.930. The highest BCUT2D eigenvalue weighted by Gasteiger charge is 2.19. The Bertz CT molecular complexity index is 347. The van der Waals surface area contributed by atoms with E-state index in [1.807, 2.05) is 13.0 Å². The third kappa shape index (κ3) is 4.84. The quantitative estimate of drug-likeness (QED) is 0.728. The smallest absolute Gasteiger partial charge is 0.0547 e. The van der Waals surface area contributed by atoms with Crippen LogP contribution in [0.3, 0.4) is 0 Å². The molecule has 0 aliphatic heterocycles. The van der Waals surface area contributed by atoms with Gasteiger partial charge in [0.2, 0.25) is 0 Å². The zero-order valence-corrected chi connectivity index (χ0v) is 10.9. The minimum atomic E-state index is 0.937. The van der Waals surface area contributed by atoms with Crippen molar-refractivity contribution in [2.45, 2.75) is 26.3 Å². The summed E-state index contributed by atoms with van der Waals surface area (Å²) in [5.41, 5.74) is 2.26. The number of hydrogen-bond acceptors (Lipinski definition) is 3. The van der Waals surface area contributed by atoms with Crippen molar-refractivity contribution in [3.63, 3.8) is 0 Å². The second-order valence-electron chi connectivity index (χ2n) is 5.16. The number of aryl methyl sites for hydroxylation is 1. The van der Waals surface area contributed by atoms with Gasteiger partial charge in [0, 0.05) is 25.3 Å². The van der Waals surface area contributed by atoms with Gasteiger partial charge in [-0.15, -0.1) is 0 Å². The highest BCUT2D eigenvalue weighted by Crippen LogP contribution is 2.27. The van der Waals surface area contributed by atoms with E-state index in [1.54, 1.807) is 0 Å². The van der Waals surface area contributed by atoms with Crippen LogP contribution in [-0.2, 0) is 6.54 Å². The van der Waals surface area contributed by atoms with Crippen LogP contribution in [0, 0.1) is 12.8 Å². The van der Waals surface area contributed by atoms with Crippen molar-refractivity contribution in [1.82, 2.24) is 15.2 Å². The van der Waals surface area contributed by atoms with Crippen molar-refractivity contribution in [3.8, 4) is 0 Å². The molecule has 0 atom stereocenters. The normalized spacial score (nSPS) is 15.5. The minimum Gasteiger partial charge on any atom is -0.315 e. The van der Waals surface area contributed by atoms with Crippen molar-refractivity contribution in [2.24, 2.45) is 5.92 Å². The van der Waals surface area contributed by atoms with Gasteiger partial charge >= 0.3 is 0 Å². The molecule has 2 rings (SSSR count). The largest absolute Gasteiger partial charge is 0.315 e. The van der Waals surface area contributed by atoms with Gasteiger partial charge in [0.25, 0.3) is 0 Å². The van der Waals surface area contributed by atoms with E-state index < -0.39 is 0 Å². The van der Waals surface area contributed by atoms with E-state index in [-0.39, 0.29) is 0 Å². The Morgan fingerprint density at radius 2 is 2.24 bits per heavy atom. The van der Waals surface area contributed by atoms with E-state index in [2.05, 4.69) is 34.4 Å². The first-order valence-corrected chi connectivity index (χ1v) is 6.56. The van der Waals surface area contributed by atoms with Crippen molar-refractivity contribution in [1.29, 1.82) is 0 Å². The summed E-state index contributed by atoms with van der Waals surface area (Å²) in [6.45, 7) is 6.35.